The Balaban J connectivity index is 0.000000521. The fourth-order valence-corrected chi connectivity index (χ4v) is 4.23. The summed E-state index contributed by atoms with van der Waals surface area (Å²) in [5, 5.41) is 14.3. The molecule has 0 fully saturated rings. The van der Waals surface area contributed by atoms with Crippen LogP contribution in [0.5, 0.6) is 0 Å². The number of unbranched alkanes of at least 4 members (excludes halogenated alkanes) is 2. The van der Waals surface area contributed by atoms with E-state index in [0.717, 1.165) is 39.6 Å². The van der Waals surface area contributed by atoms with Crippen molar-refractivity contribution in [3.05, 3.63) is 89.8 Å². The highest BCUT2D eigenvalue weighted by Crippen LogP contribution is 2.33. The zero-order valence-corrected chi connectivity index (χ0v) is 22.3. The van der Waals surface area contributed by atoms with Crippen LogP contribution < -0.4 is 10.6 Å². The van der Waals surface area contributed by atoms with Gasteiger partial charge in [-0.1, -0.05) is 49.7 Å². The molecule has 8 heteroatoms. The Labute approximate surface area is 223 Å². The van der Waals surface area contributed by atoms with Crippen LogP contribution in [0.4, 0.5) is 5.69 Å². The number of hydrogen-bond acceptors (Lipinski definition) is 7. The minimum atomic E-state index is -0.111. The van der Waals surface area contributed by atoms with Crippen molar-refractivity contribution in [1.29, 1.82) is 5.41 Å². The van der Waals surface area contributed by atoms with Gasteiger partial charge >= 0.3 is 0 Å². The lowest BCUT2D eigenvalue weighted by atomic mass is 10.1. The molecule has 3 aromatic rings. The van der Waals surface area contributed by atoms with Gasteiger partial charge in [0.2, 0.25) is 0 Å². The van der Waals surface area contributed by atoms with Gasteiger partial charge in [-0.2, -0.15) is 0 Å². The summed E-state index contributed by atoms with van der Waals surface area (Å²) in [4.78, 5) is 27.8. The third kappa shape index (κ3) is 9.93. The SMILES string of the molecule is CCCCCOC=O.CNC(=O)c1ccccc1Sc1ccc(C(=N)/C=C/c2ccccn2)c(NC)c1. The number of allylic oxidation sites excluding steroid dienone is 1. The molecule has 3 rings (SSSR count). The molecule has 2 aromatic carbocycles. The molecular weight excluding hydrogens is 484 g/mol. The van der Waals surface area contributed by atoms with Gasteiger partial charge in [-0.05, 0) is 61.0 Å². The first kappa shape index (κ1) is 29.3. The smallest absolute Gasteiger partial charge is 0.293 e. The molecular formula is C29H34N4O3S. The topological polar surface area (TPSA) is 104 Å². The normalized spacial score (nSPS) is 10.2. The fraction of sp³-hybridized carbons (Fsp3) is 0.241. The van der Waals surface area contributed by atoms with Crippen LogP contribution in [0.2, 0.25) is 0 Å². The summed E-state index contributed by atoms with van der Waals surface area (Å²) in [6.07, 6.45) is 8.60. The van der Waals surface area contributed by atoms with E-state index in [4.69, 9.17) is 5.41 Å². The lowest BCUT2D eigenvalue weighted by Gasteiger charge is -2.12. The van der Waals surface area contributed by atoms with E-state index >= 15 is 0 Å². The van der Waals surface area contributed by atoms with Crippen LogP contribution in [0, 0.1) is 5.41 Å². The molecule has 37 heavy (non-hydrogen) atoms. The van der Waals surface area contributed by atoms with Crippen molar-refractivity contribution in [3.63, 3.8) is 0 Å². The molecule has 194 valence electrons. The summed E-state index contributed by atoms with van der Waals surface area (Å²) in [5.74, 6) is -0.111. The average Bonchev–Trinajstić information content (AvgIpc) is 2.95. The molecule has 0 spiro atoms. The number of benzene rings is 2. The Bertz CT molecular complexity index is 1180. The maximum absolute atomic E-state index is 12.1. The molecule has 3 N–H and O–H groups in total. The van der Waals surface area contributed by atoms with Crippen LogP contribution in [0.3, 0.4) is 0 Å². The lowest BCUT2D eigenvalue weighted by Crippen LogP contribution is -2.18. The number of carbonyl (C=O) groups excluding carboxylic acids is 2. The molecule has 0 atom stereocenters. The summed E-state index contributed by atoms with van der Waals surface area (Å²) in [7, 11) is 3.46. The summed E-state index contributed by atoms with van der Waals surface area (Å²) in [6.45, 7) is 3.19. The van der Waals surface area contributed by atoms with Crippen LogP contribution in [0.1, 0.15) is 47.8 Å². The largest absolute Gasteiger partial charge is 0.468 e. The first-order valence-corrected chi connectivity index (χ1v) is 12.9. The number of hydrogen-bond donors (Lipinski definition) is 3. The number of aromatic nitrogens is 1. The maximum Gasteiger partial charge on any atom is 0.293 e. The van der Waals surface area contributed by atoms with E-state index < -0.39 is 0 Å². The van der Waals surface area contributed by atoms with E-state index in [1.54, 1.807) is 19.3 Å². The van der Waals surface area contributed by atoms with Crippen molar-refractivity contribution in [3.8, 4) is 0 Å². The average molecular weight is 519 g/mol. The molecule has 0 unspecified atom stereocenters. The van der Waals surface area contributed by atoms with Gasteiger partial charge in [0.05, 0.1) is 23.6 Å². The Morgan fingerprint density at radius 3 is 2.51 bits per heavy atom. The zero-order chi connectivity index (χ0) is 26.9. The Hall–Kier alpha value is -3.91. The second-order valence-corrected chi connectivity index (χ2v) is 8.93. The van der Waals surface area contributed by atoms with E-state index in [-0.39, 0.29) is 5.91 Å². The van der Waals surface area contributed by atoms with Crippen molar-refractivity contribution >= 4 is 41.6 Å². The van der Waals surface area contributed by atoms with Crippen LogP contribution >= 0.6 is 11.8 Å². The molecule has 0 saturated heterocycles. The molecule has 0 bridgehead atoms. The van der Waals surface area contributed by atoms with Crippen molar-refractivity contribution < 1.29 is 14.3 Å². The molecule has 0 radical (unpaired) electrons. The van der Waals surface area contributed by atoms with E-state index in [0.29, 0.717) is 24.4 Å². The van der Waals surface area contributed by atoms with Gasteiger partial charge in [0.25, 0.3) is 12.4 Å². The molecule has 0 aliphatic carbocycles. The highest BCUT2D eigenvalue weighted by Gasteiger charge is 2.12. The minimum Gasteiger partial charge on any atom is -0.468 e. The molecule has 0 aliphatic heterocycles. The van der Waals surface area contributed by atoms with Crippen molar-refractivity contribution in [2.45, 2.75) is 36.0 Å². The monoisotopic (exact) mass is 518 g/mol. The van der Waals surface area contributed by atoms with Crippen LogP contribution in [0.15, 0.2) is 82.7 Å². The van der Waals surface area contributed by atoms with Gasteiger partial charge in [0.15, 0.2) is 0 Å². The molecule has 1 amide bonds. The third-order valence-electron chi connectivity index (χ3n) is 5.18. The first-order valence-electron chi connectivity index (χ1n) is 12.1. The predicted octanol–water partition coefficient (Wildman–Crippen LogP) is 6.06. The Kier molecular flexibility index (Phi) is 13.2. The predicted molar refractivity (Wildman–Crippen MR) is 152 cm³/mol. The van der Waals surface area contributed by atoms with Crippen molar-refractivity contribution in [1.82, 2.24) is 10.3 Å². The highest BCUT2D eigenvalue weighted by molar-refractivity contribution is 7.99. The van der Waals surface area contributed by atoms with Crippen molar-refractivity contribution in [2.24, 2.45) is 0 Å². The molecule has 1 aromatic heterocycles. The third-order valence-corrected chi connectivity index (χ3v) is 6.24. The summed E-state index contributed by atoms with van der Waals surface area (Å²) in [5.41, 5.74) is 3.48. The minimum absolute atomic E-state index is 0.111. The van der Waals surface area contributed by atoms with Gasteiger partial charge in [-0.3, -0.25) is 14.6 Å². The second kappa shape index (κ2) is 16.7. The lowest BCUT2D eigenvalue weighted by molar-refractivity contribution is -0.128. The number of amides is 1. The zero-order valence-electron chi connectivity index (χ0n) is 21.5. The highest BCUT2D eigenvalue weighted by atomic mass is 32.2. The van der Waals surface area contributed by atoms with Gasteiger partial charge < -0.3 is 20.8 Å². The second-order valence-electron chi connectivity index (χ2n) is 7.81. The van der Waals surface area contributed by atoms with Gasteiger partial charge in [0, 0.05) is 41.3 Å². The van der Waals surface area contributed by atoms with E-state index in [1.165, 1.54) is 18.2 Å². The van der Waals surface area contributed by atoms with Gasteiger partial charge in [-0.15, -0.1) is 0 Å². The number of ether oxygens (including phenoxy) is 1. The number of rotatable bonds is 12. The molecule has 0 saturated carbocycles. The number of carbonyl (C=O) groups is 2. The van der Waals surface area contributed by atoms with E-state index in [9.17, 15) is 9.59 Å². The van der Waals surface area contributed by atoms with Gasteiger partial charge in [0.1, 0.15) is 0 Å². The number of anilines is 1. The maximum atomic E-state index is 12.1. The molecule has 1 heterocycles. The number of pyridine rings is 1. The molecule has 0 aliphatic rings. The summed E-state index contributed by atoms with van der Waals surface area (Å²) < 4.78 is 4.46. The summed E-state index contributed by atoms with van der Waals surface area (Å²) in [6, 6.07) is 19.1. The first-order chi connectivity index (χ1) is 18.0. The van der Waals surface area contributed by atoms with Crippen LogP contribution in [0.25, 0.3) is 6.08 Å². The fourth-order valence-electron chi connectivity index (χ4n) is 3.25. The number of nitrogens with zero attached hydrogens (tertiary/aromatic N) is 1. The van der Waals surface area contributed by atoms with E-state index in [1.807, 2.05) is 73.8 Å². The summed E-state index contributed by atoms with van der Waals surface area (Å²) >= 11 is 1.52. The number of nitrogens with one attached hydrogen (secondary N) is 3. The van der Waals surface area contributed by atoms with Crippen LogP contribution in [-0.4, -0.2) is 43.8 Å². The van der Waals surface area contributed by atoms with E-state index in [2.05, 4.69) is 27.3 Å². The van der Waals surface area contributed by atoms with Crippen molar-refractivity contribution in [2.75, 3.05) is 26.0 Å². The Morgan fingerprint density at radius 1 is 1.05 bits per heavy atom. The standard InChI is InChI=1S/C23H22N4OS.C6H12O2/c1-25-21-15-17(29-22-9-4-3-8-19(22)23(28)26-2)11-12-18(21)20(24)13-10-16-7-5-6-14-27-16;1-2-3-4-5-8-6-7/h3-15,24-25H,1-2H3,(H,26,28);6H,2-5H2,1H3/b13-10+,24-20?;. The van der Waals surface area contributed by atoms with Crippen LogP contribution in [-0.2, 0) is 9.53 Å². The van der Waals surface area contributed by atoms with Gasteiger partial charge in [-0.25, -0.2) is 0 Å². The Morgan fingerprint density at radius 2 is 1.84 bits per heavy atom. The quantitative estimate of drug-likeness (QED) is 0.153. The molecule has 7 nitrogen and oxygen atoms in total.